The average molecular weight is 387 g/mol. The molecule has 1 aliphatic heterocycles. The predicted octanol–water partition coefficient (Wildman–Crippen LogP) is 2.35. The van der Waals surface area contributed by atoms with E-state index in [1.54, 1.807) is 19.9 Å². The van der Waals surface area contributed by atoms with E-state index < -0.39 is 35.8 Å². The van der Waals surface area contributed by atoms with Crippen LogP contribution in [-0.4, -0.2) is 34.9 Å². The number of nitrogens with zero attached hydrogens (tertiary/aromatic N) is 1. The van der Waals surface area contributed by atoms with Crippen LogP contribution in [0.25, 0.3) is 0 Å². The van der Waals surface area contributed by atoms with Gasteiger partial charge >= 0.3 is 12.0 Å². The Hall–Kier alpha value is -1.96. The van der Waals surface area contributed by atoms with Crippen LogP contribution < -0.4 is 5.32 Å². The van der Waals surface area contributed by atoms with Crippen molar-refractivity contribution in [2.24, 2.45) is 0 Å². The zero-order valence-corrected chi connectivity index (χ0v) is 14.3. The van der Waals surface area contributed by atoms with Crippen LogP contribution in [0.1, 0.15) is 25.8 Å². The SMILES string of the molecule is CCC1(C)NC(=O)N(CC(=O)OCc2ccc(Br)cc2F)C1=O. The van der Waals surface area contributed by atoms with Gasteiger partial charge in [0.25, 0.3) is 5.91 Å². The molecule has 23 heavy (non-hydrogen) atoms. The number of ether oxygens (including phenoxy) is 1. The number of nitrogens with one attached hydrogen (secondary N) is 1. The van der Waals surface area contributed by atoms with E-state index in [1.807, 2.05) is 0 Å². The Morgan fingerprint density at radius 1 is 1.43 bits per heavy atom. The summed E-state index contributed by atoms with van der Waals surface area (Å²) >= 11 is 3.13. The van der Waals surface area contributed by atoms with Gasteiger partial charge in [0.05, 0.1) is 0 Å². The molecule has 0 radical (unpaired) electrons. The summed E-state index contributed by atoms with van der Waals surface area (Å²) in [5.41, 5.74) is -0.799. The maximum atomic E-state index is 13.6. The summed E-state index contributed by atoms with van der Waals surface area (Å²) in [5.74, 6) is -1.77. The molecule has 1 fully saturated rings. The predicted molar refractivity (Wildman–Crippen MR) is 82.8 cm³/mol. The average Bonchev–Trinajstić information content (AvgIpc) is 2.70. The first-order chi connectivity index (χ1) is 10.8. The van der Waals surface area contributed by atoms with E-state index in [-0.39, 0.29) is 12.2 Å². The van der Waals surface area contributed by atoms with Gasteiger partial charge in [-0.25, -0.2) is 9.18 Å². The Morgan fingerprint density at radius 2 is 2.13 bits per heavy atom. The number of benzene rings is 1. The molecule has 0 spiro atoms. The van der Waals surface area contributed by atoms with Gasteiger partial charge < -0.3 is 10.1 Å². The summed E-state index contributed by atoms with van der Waals surface area (Å²) < 4.78 is 19.1. The van der Waals surface area contributed by atoms with Gasteiger partial charge in [-0.1, -0.05) is 28.9 Å². The van der Waals surface area contributed by atoms with Gasteiger partial charge in [-0.15, -0.1) is 0 Å². The minimum atomic E-state index is -1.00. The number of hydrogen-bond donors (Lipinski definition) is 1. The second-order valence-electron chi connectivity index (χ2n) is 5.40. The van der Waals surface area contributed by atoms with E-state index in [1.165, 1.54) is 12.1 Å². The first-order valence-electron chi connectivity index (χ1n) is 7.00. The van der Waals surface area contributed by atoms with Crippen LogP contribution in [0.5, 0.6) is 0 Å². The molecule has 1 saturated heterocycles. The quantitative estimate of drug-likeness (QED) is 0.622. The van der Waals surface area contributed by atoms with Gasteiger partial charge in [0.1, 0.15) is 24.5 Å². The number of carbonyl (C=O) groups is 3. The fourth-order valence-electron chi connectivity index (χ4n) is 2.10. The largest absolute Gasteiger partial charge is 0.459 e. The third kappa shape index (κ3) is 3.69. The van der Waals surface area contributed by atoms with Crippen molar-refractivity contribution >= 4 is 33.8 Å². The fourth-order valence-corrected chi connectivity index (χ4v) is 2.44. The number of urea groups is 1. The number of halogens is 2. The Kier molecular flexibility index (Phi) is 5.03. The van der Waals surface area contributed by atoms with E-state index in [2.05, 4.69) is 21.2 Å². The molecule has 1 aliphatic rings. The van der Waals surface area contributed by atoms with Crippen LogP contribution >= 0.6 is 15.9 Å². The molecule has 1 unspecified atom stereocenters. The Balaban J connectivity index is 1.95. The highest BCUT2D eigenvalue weighted by Gasteiger charge is 2.47. The highest BCUT2D eigenvalue weighted by Crippen LogP contribution is 2.21. The van der Waals surface area contributed by atoms with Crippen LogP contribution in [0.2, 0.25) is 0 Å². The van der Waals surface area contributed by atoms with Gasteiger partial charge in [-0.05, 0) is 25.5 Å². The van der Waals surface area contributed by atoms with E-state index in [4.69, 9.17) is 4.74 Å². The van der Waals surface area contributed by atoms with Crippen molar-refractivity contribution in [2.75, 3.05) is 6.54 Å². The zero-order valence-electron chi connectivity index (χ0n) is 12.7. The van der Waals surface area contributed by atoms with Crippen molar-refractivity contribution in [1.82, 2.24) is 10.2 Å². The summed E-state index contributed by atoms with van der Waals surface area (Å²) in [6.07, 6.45) is 0.410. The van der Waals surface area contributed by atoms with Crippen LogP contribution in [0, 0.1) is 5.82 Å². The third-order valence-electron chi connectivity index (χ3n) is 3.74. The van der Waals surface area contributed by atoms with E-state index in [0.717, 1.165) is 4.90 Å². The molecule has 1 heterocycles. The molecule has 124 valence electrons. The van der Waals surface area contributed by atoms with E-state index >= 15 is 0 Å². The van der Waals surface area contributed by atoms with Crippen molar-refractivity contribution in [3.05, 3.63) is 34.1 Å². The topological polar surface area (TPSA) is 75.7 Å². The number of hydrogen-bond acceptors (Lipinski definition) is 4. The van der Waals surface area contributed by atoms with E-state index in [0.29, 0.717) is 10.9 Å². The van der Waals surface area contributed by atoms with Crippen molar-refractivity contribution in [3.8, 4) is 0 Å². The Morgan fingerprint density at radius 3 is 2.70 bits per heavy atom. The molecule has 3 amide bonds. The maximum Gasteiger partial charge on any atom is 0.326 e. The number of rotatable bonds is 5. The monoisotopic (exact) mass is 386 g/mol. The zero-order chi connectivity index (χ0) is 17.2. The molecule has 0 saturated carbocycles. The lowest BCUT2D eigenvalue weighted by Crippen LogP contribution is -2.43. The van der Waals surface area contributed by atoms with Crippen molar-refractivity contribution < 1.29 is 23.5 Å². The minimum Gasteiger partial charge on any atom is -0.459 e. The number of carbonyl (C=O) groups excluding carboxylic acids is 3. The highest BCUT2D eigenvalue weighted by molar-refractivity contribution is 9.10. The molecule has 1 atom stereocenters. The van der Waals surface area contributed by atoms with Crippen LogP contribution in [-0.2, 0) is 20.9 Å². The molecule has 2 rings (SSSR count). The number of amides is 3. The lowest BCUT2D eigenvalue weighted by molar-refractivity contribution is -0.148. The highest BCUT2D eigenvalue weighted by atomic mass is 79.9. The lowest BCUT2D eigenvalue weighted by atomic mass is 9.99. The summed E-state index contributed by atoms with van der Waals surface area (Å²) in [7, 11) is 0. The summed E-state index contributed by atoms with van der Waals surface area (Å²) in [6.45, 7) is 2.58. The van der Waals surface area contributed by atoms with Gasteiger partial charge in [0.15, 0.2) is 0 Å². The van der Waals surface area contributed by atoms with Crippen LogP contribution in [0.15, 0.2) is 22.7 Å². The Bertz CT molecular complexity index is 667. The standard InChI is InChI=1S/C15H16BrFN2O4/c1-3-15(2)13(21)19(14(22)18-15)7-12(20)23-8-9-4-5-10(16)6-11(9)17/h4-6H,3,7-8H2,1-2H3,(H,18,22). The van der Waals surface area contributed by atoms with Crippen LogP contribution in [0.3, 0.4) is 0 Å². The molecule has 0 bridgehead atoms. The molecule has 1 aromatic carbocycles. The summed E-state index contributed by atoms with van der Waals surface area (Å²) in [4.78, 5) is 36.5. The number of esters is 1. The third-order valence-corrected chi connectivity index (χ3v) is 4.24. The molecular formula is C15H16BrFN2O4. The van der Waals surface area contributed by atoms with Gasteiger partial charge in [0, 0.05) is 10.0 Å². The van der Waals surface area contributed by atoms with Gasteiger partial charge in [0.2, 0.25) is 0 Å². The molecule has 0 aromatic heterocycles. The van der Waals surface area contributed by atoms with E-state index in [9.17, 15) is 18.8 Å². The van der Waals surface area contributed by atoms with Crippen molar-refractivity contribution in [1.29, 1.82) is 0 Å². The smallest absolute Gasteiger partial charge is 0.326 e. The second kappa shape index (κ2) is 6.66. The summed E-state index contributed by atoms with van der Waals surface area (Å²) in [5, 5.41) is 2.54. The molecule has 6 nitrogen and oxygen atoms in total. The number of imide groups is 1. The van der Waals surface area contributed by atoms with Gasteiger partial charge in [-0.2, -0.15) is 0 Å². The molecule has 1 N–H and O–H groups in total. The Labute approximate surface area is 141 Å². The molecule has 1 aromatic rings. The second-order valence-corrected chi connectivity index (χ2v) is 6.32. The van der Waals surface area contributed by atoms with Crippen molar-refractivity contribution in [2.45, 2.75) is 32.4 Å². The van der Waals surface area contributed by atoms with Crippen LogP contribution in [0.4, 0.5) is 9.18 Å². The first kappa shape index (κ1) is 17.4. The molecule has 8 heteroatoms. The molecular weight excluding hydrogens is 371 g/mol. The van der Waals surface area contributed by atoms with Crippen molar-refractivity contribution in [3.63, 3.8) is 0 Å². The maximum absolute atomic E-state index is 13.6. The first-order valence-corrected chi connectivity index (χ1v) is 7.80. The normalized spacial score (nSPS) is 20.6. The lowest BCUT2D eigenvalue weighted by Gasteiger charge is -2.18. The van der Waals surface area contributed by atoms with Gasteiger partial charge in [-0.3, -0.25) is 14.5 Å². The summed E-state index contributed by atoms with van der Waals surface area (Å²) in [6, 6.07) is 3.73. The molecule has 0 aliphatic carbocycles. The minimum absolute atomic E-state index is 0.206. The fraction of sp³-hybridized carbons (Fsp3) is 0.400.